The average Bonchev–Trinajstić information content (AvgIpc) is 2.60. The van der Waals surface area contributed by atoms with Gasteiger partial charge in [-0.05, 0) is 26.0 Å². The van der Waals surface area contributed by atoms with Gasteiger partial charge in [0.15, 0.2) is 0 Å². The van der Waals surface area contributed by atoms with Gasteiger partial charge in [-0.2, -0.15) is 0 Å². The van der Waals surface area contributed by atoms with E-state index in [1.807, 2.05) is 6.07 Å². The van der Waals surface area contributed by atoms with Crippen molar-refractivity contribution in [2.75, 3.05) is 12.4 Å². The number of methoxy groups -OCH3 is 1. The van der Waals surface area contributed by atoms with Crippen molar-refractivity contribution in [1.82, 2.24) is 0 Å². The van der Waals surface area contributed by atoms with Gasteiger partial charge < -0.3 is 14.8 Å². The lowest BCUT2D eigenvalue weighted by Crippen LogP contribution is -2.25. The first-order valence-corrected chi connectivity index (χ1v) is 7.85. The summed E-state index contributed by atoms with van der Waals surface area (Å²) in [7, 11) is 1.55. The van der Waals surface area contributed by atoms with E-state index in [1.54, 1.807) is 69.5 Å². The van der Waals surface area contributed by atoms with Crippen LogP contribution in [0.3, 0.4) is 0 Å². The van der Waals surface area contributed by atoms with Crippen molar-refractivity contribution in [3.8, 4) is 5.75 Å². The van der Waals surface area contributed by atoms with Crippen molar-refractivity contribution in [3.05, 3.63) is 71.8 Å². The highest BCUT2D eigenvalue weighted by Crippen LogP contribution is 2.22. The third-order valence-electron chi connectivity index (χ3n) is 3.32. The fourth-order valence-corrected chi connectivity index (χ4v) is 2.20. The molecule has 1 N–H and O–H groups in total. The first kappa shape index (κ1) is 18.3. The van der Waals surface area contributed by atoms with Gasteiger partial charge in [-0.25, -0.2) is 4.79 Å². The predicted molar refractivity (Wildman–Crippen MR) is 96.3 cm³/mol. The minimum Gasteiger partial charge on any atom is -0.497 e. The Morgan fingerprint density at radius 3 is 2.40 bits per heavy atom. The Bertz CT molecular complexity index is 764. The highest BCUT2D eigenvalue weighted by molar-refractivity contribution is 5.97. The number of hydrogen-bond donors (Lipinski definition) is 1. The lowest BCUT2D eigenvalue weighted by atomic mass is 10.1. The molecule has 0 saturated carbocycles. The van der Waals surface area contributed by atoms with Gasteiger partial charge in [0.25, 0.3) is 5.91 Å². The predicted octanol–water partition coefficient (Wildman–Crippen LogP) is 3.88. The molecule has 0 aliphatic rings. The molecule has 5 nitrogen and oxygen atoms in total. The zero-order chi connectivity index (χ0) is 18.2. The summed E-state index contributed by atoms with van der Waals surface area (Å²) >= 11 is 0. The number of hydrogen-bond acceptors (Lipinski definition) is 4. The van der Waals surface area contributed by atoms with E-state index in [9.17, 15) is 9.59 Å². The largest absolute Gasteiger partial charge is 0.497 e. The standard InChI is InChI=1S/C20H21NO4/c1-14(2)12-18(22)25-19(15-8-5-4-6-9-15)20(23)21-16-10-7-11-17(13-16)24-3/h4-13,19H,1-3H3,(H,21,23)/t19-/m0/s1. The van der Waals surface area contributed by atoms with Gasteiger partial charge in [0, 0.05) is 23.4 Å². The topological polar surface area (TPSA) is 64.6 Å². The van der Waals surface area contributed by atoms with Gasteiger partial charge in [0.1, 0.15) is 5.75 Å². The molecule has 5 heteroatoms. The third kappa shape index (κ3) is 5.49. The number of ether oxygens (including phenoxy) is 2. The van der Waals surface area contributed by atoms with Crippen molar-refractivity contribution in [2.45, 2.75) is 20.0 Å². The van der Waals surface area contributed by atoms with Gasteiger partial charge in [-0.1, -0.05) is 42.0 Å². The van der Waals surface area contributed by atoms with Gasteiger partial charge in [0.2, 0.25) is 6.10 Å². The van der Waals surface area contributed by atoms with Crippen LogP contribution in [0, 0.1) is 0 Å². The first-order valence-electron chi connectivity index (χ1n) is 7.85. The van der Waals surface area contributed by atoms with E-state index in [-0.39, 0.29) is 0 Å². The molecule has 0 fully saturated rings. The lowest BCUT2D eigenvalue weighted by Gasteiger charge is -2.17. The monoisotopic (exact) mass is 339 g/mol. The van der Waals surface area contributed by atoms with Crippen molar-refractivity contribution in [2.24, 2.45) is 0 Å². The highest BCUT2D eigenvalue weighted by Gasteiger charge is 2.24. The summed E-state index contributed by atoms with van der Waals surface area (Å²) in [6.45, 7) is 3.57. The van der Waals surface area contributed by atoms with Crippen LogP contribution in [0.1, 0.15) is 25.5 Å². The Kier molecular flexibility index (Phi) is 6.34. The molecule has 0 heterocycles. The smallest absolute Gasteiger partial charge is 0.331 e. The van der Waals surface area contributed by atoms with Crippen LogP contribution in [-0.4, -0.2) is 19.0 Å². The van der Waals surface area contributed by atoms with Crippen LogP contribution < -0.4 is 10.1 Å². The van der Waals surface area contributed by atoms with Crippen molar-refractivity contribution in [1.29, 1.82) is 0 Å². The minimum absolute atomic E-state index is 0.435. The van der Waals surface area contributed by atoms with Crippen molar-refractivity contribution < 1.29 is 19.1 Å². The Balaban J connectivity index is 2.23. The molecule has 0 aromatic heterocycles. The van der Waals surface area contributed by atoms with Crippen LogP contribution in [-0.2, 0) is 14.3 Å². The fraction of sp³-hybridized carbons (Fsp3) is 0.200. The number of allylic oxidation sites excluding steroid dienone is 1. The number of amides is 1. The van der Waals surface area contributed by atoms with Crippen molar-refractivity contribution in [3.63, 3.8) is 0 Å². The van der Waals surface area contributed by atoms with E-state index in [0.717, 1.165) is 5.57 Å². The summed E-state index contributed by atoms with van der Waals surface area (Å²) in [6.07, 6.45) is 0.310. The second-order valence-electron chi connectivity index (χ2n) is 5.67. The molecule has 0 bridgehead atoms. The maximum absolute atomic E-state index is 12.7. The highest BCUT2D eigenvalue weighted by atomic mass is 16.5. The van der Waals surface area contributed by atoms with Gasteiger partial charge in [-0.3, -0.25) is 4.79 Å². The number of rotatable bonds is 6. The summed E-state index contributed by atoms with van der Waals surface area (Å²) in [5.74, 6) is -0.375. The van der Waals surface area contributed by atoms with E-state index in [2.05, 4.69) is 5.32 Å². The second kappa shape index (κ2) is 8.68. The molecule has 130 valence electrons. The zero-order valence-corrected chi connectivity index (χ0v) is 14.5. The molecule has 2 rings (SSSR count). The quantitative estimate of drug-likeness (QED) is 0.641. The molecule has 0 radical (unpaired) electrons. The summed E-state index contributed by atoms with van der Waals surface area (Å²) in [4.78, 5) is 24.7. The minimum atomic E-state index is -1.05. The molecule has 2 aromatic carbocycles. The maximum Gasteiger partial charge on any atom is 0.331 e. The van der Waals surface area contributed by atoms with Gasteiger partial charge in [0.05, 0.1) is 7.11 Å². The number of carbonyl (C=O) groups excluding carboxylic acids is 2. The third-order valence-corrected chi connectivity index (χ3v) is 3.32. The Hall–Kier alpha value is -3.08. The van der Waals surface area contributed by atoms with Crippen LogP contribution in [0.25, 0.3) is 0 Å². The number of carbonyl (C=O) groups is 2. The molecular formula is C20H21NO4. The number of benzene rings is 2. The molecule has 1 amide bonds. The fourth-order valence-electron chi connectivity index (χ4n) is 2.20. The lowest BCUT2D eigenvalue weighted by molar-refractivity contribution is -0.149. The number of anilines is 1. The van der Waals surface area contributed by atoms with Crippen molar-refractivity contribution >= 4 is 17.6 Å². The zero-order valence-electron chi connectivity index (χ0n) is 14.5. The van der Waals surface area contributed by atoms with E-state index >= 15 is 0 Å². The number of esters is 1. The number of nitrogens with one attached hydrogen (secondary N) is 1. The first-order chi connectivity index (χ1) is 12.0. The van der Waals surface area contributed by atoms with E-state index in [1.165, 1.54) is 6.08 Å². The van der Waals surface area contributed by atoms with Gasteiger partial charge >= 0.3 is 5.97 Å². The van der Waals surface area contributed by atoms with E-state index < -0.39 is 18.0 Å². The van der Waals surface area contributed by atoms with Crippen LogP contribution in [0.2, 0.25) is 0 Å². The summed E-state index contributed by atoms with van der Waals surface area (Å²) < 4.78 is 10.5. The Morgan fingerprint density at radius 2 is 1.76 bits per heavy atom. The molecule has 0 aliphatic heterocycles. The summed E-state index contributed by atoms with van der Waals surface area (Å²) in [5.41, 5.74) is 1.95. The summed E-state index contributed by atoms with van der Waals surface area (Å²) in [5, 5.41) is 2.76. The molecule has 0 aliphatic carbocycles. The summed E-state index contributed by atoms with van der Waals surface area (Å²) in [6, 6.07) is 15.9. The molecular weight excluding hydrogens is 318 g/mol. The van der Waals surface area contributed by atoms with E-state index in [0.29, 0.717) is 17.0 Å². The molecule has 1 atom stereocenters. The molecule has 0 unspecified atom stereocenters. The molecule has 0 spiro atoms. The maximum atomic E-state index is 12.7. The molecule has 2 aromatic rings. The van der Waals surface area contributed by atoms with Crippen LogP contribution in [0.5, 0.6) is 5.75 Å². The van der Waals surface area contributed by atoms with Gasteiger partial charge in [-0.15, -0.1) is 0 Å². The van der Waals surface area contributed by atoms with Crippen LogP contribution >= 0.6 is 0 Å². The van der Waals surface area contributed by atoms with Crippen LogP contribution in [0.4, 0.5) is 5.69 Å². The average molecular weight is 339 g/mol. The van der Waals surface area contributed by atoms with Crippen LogP contribution in [0.15, 0.2) is 66.2 Å². The van der Waals surface area contributed by atoms with E-state index in [4.69, 9.17) is 9.47 Å². The normalized spacial score (nSPS) is 11.2. The Labute approximate surface area is 147 Å². The second-order valence-corrected chi connectivity index (χ2v) is 5.67. The SMILES string of the molecule is COc1cccc(NC(=O)[C@@H](OC(=O)C=C(C)C)c2ccccc2)c1. The molecule has 0 saturated heterocycles. The Morgan fingerprint density at radius 1 is 1.04 bits per heavy atom. The molecule has 25 heavy (non-hydrogen) atoms.